The number of hydrogen-bond donors (Lipinski definition) is 0. The van der Waals surface area contributed by atoms with E-state index in [1.807, 2.05) is 0 Å². The van der Waals surface area contributed by atoms with Crippen LogP contribution in [0.25, 0.3) is 0 Å². The van der Waals surface area contributed by atoms with Crippen LogP contribution in [0.4, 0.5) is 0 Å². The molecule has 3 heterocycles. The van der Waals surface area contributed by atoms with E-state index in [9.17, 15) is 0 Å². The molecule has 2 aliphatic heterocycles. The normalized spacial score (nSPS) is 30.2. The fourth-order valence-electron chi connectivity index (χ4n) is 3.71. The molecule has 0 aliphatic carbocycles. The van der Waals surface area contributed by atoms with Gasteiger partial charge in [-0.15, -0.1) is 0 Å². The molecule has 0 aromatic carbocycles. The van der Waals surface area contributed by atoms with Crippen molar-refractivity contribution in [2.75, 3.05) is 7.05 Å². The number of nitrogens with zero attached hydrogens (tertiary/aromatic N) is 3. The number of halogens is 2. The molecule has 0 radical (unpaired) electrons. The SMILES string of the molecule is CC(C)c1c(Cl)nc(C2CC3CCC(C2)N3C)nc1Cl. The highest BCUT2D eigenvalue weighted by Gasteiger charge is 2.40. The number of fused-ring (bicyclic) bond motifs is 2. The smallest absolute Gasteiger partial charge is 0.137 e. The lowest BCUT2D eigenvalue weighted by molar-refractivity contribution is 0.159. The maximum Gasteiger partial charge on any atom is 0.137 e. The summed E-state index contributed by atoms with van der Waals surface area (Å²) in [6.45, 7) is 4.12. The summed E-state index contributed by atoms with van der Waals surface area (Å²) < 4.78 is 0. The highest BCUT2D eigenvalue weighted by molar-refractivity contribution is 6.34. The van der Waals surface area contributed by atoms with E-state index in [1.54, 1.807) is 0 Å². The average Bonchev–Trinajstić information content (AvgIpc) is 2.61. The van der Waals surface area contributed by atoms with Gasteiger partial charge in [0.15, 0.2) is 0 Å². The Morgan fingerprint density at radius 1 is 1.05 bits per heavy atom. The second kappa shape index (κ2) is 5.43. The molecule has 1 aromatic heterocycles. The summed E-state index contributed by atoms with van der Waals surface area (Å²) in [4.78, 5) is 11.6. The largest absolute Gasteiger partial charge is 0.300 e. The fourth-order valence-corrected chi connectivity index (χ4v) is 4.55. The Morgan fingerprint density at radius 3 is 2.00 bits per heavy atom. The van der Waals surface area contributed by atoms with Crippen LogP contribution in [0, 0.1) is 0 Å². The molecule has 20 heavy (non-hydrogen) atoms. The van der Waals surface area contributed by atoms with Crippen LogP contribution in [0.1, 0.15) is 62.8 Å². The van der Waals surface area contributed by atoms with Gasteiger partial charge in [0.05, 0.1) is 0 Å². The second-order valence-electron chi connectivity index (χ2n) is 6.45. The molecule has 2 fully saturated rings. The van der Waals surface area contributed by atoms with Gasteiger partial charge in [-0.25, -0.2) is 9.97 Å². The molecule has 2 bridgehead atoms. The lowest BCUT2D eigenvalue weighted by atomic mass is 9.90. The summed E-state index contributed by atoms with van der Waals surface area (Å²) in [5, 5.41) is 1.06. The monoisotopic (exact) mass is 313 g/mol. The molecular weight excluding hydrogens is 293 g/mol. The minimum atomic E-state index is 0.248. The summed E-state index contributed by atoms with van der Waals surface area (Å²) in [6, 6.07) is 1.34. The van der Waals surface area contributed by atoms with Crippen molar-refractivity contribution >= 4 is 23.2 Å². The maximum absolute atomic E-state index is 6.32. The van der Waals surface area contributed by atoms with E-state index < -0.39 is 0 Å². The lowest BCUT2D eigenvalue weighted by Gasteiger charge is -2.35. The van der Waals surface area contributed by atoms with Crippen LogP contribution in [-0.2, 0) is 0 Å². The van der Waals surface area contributed by atoms with Crippen molar-refractivity contribution in [1.82, 2.24) is 14.9 Å². The number of piperidine rings is 1. The zero-order valence-corrected chi connectivity index (χ0v) is 13.7. The molecule has 2 aliphatic rings. The quantitative estimate of drug-likeness (QED) is 0.764. The van der Waals surface area contributed by atoms with E-state index in [0.29, 0.717) is 28.3 Å². The van der Waals surface area contributed by atoms with Crippen molar-refractivity contribution < 1.29 is 0 Å². The molecule has 5 heteroatoms. The molecule has 3 nitrogen and oxygen atoms in total. The van der Waals surface area contributed by atoms with Crippen LogP contribution in [0.5, 0.6) is 0 Å². The van der Waals surface area contributed by atoms with Crippen molar-refractivity contribution in [3.8, 4) is 0 Å². The molecule has 2 atom stereocenters. The van der Waals surface area contributed by atoms with Gasteiger partial charge in [-0.1, -0.05) is 37.0 Å². The lowest BCUT2D eigenvalue weighted by Crippen LogP contribution is -2.39. The van der Waals surface area contributed by atoms with Gasteiger partial charge in [0, 0.05) is 23.6 Å². The molecule has 2 unspecified atom stereocenters. The Kier molecular flexibility index (Phi) is 3.95. The van der Waals surface area contributed by atoms with E-state index >= 15 is 0 Å². The van der Waals surface area contributed by atoms with Crippen molar-refractivity contribution in [3.63, 3.8) is 0 Å². The predicted octanol–water partition coefficient (Wildman–Crippen LogP) is 4.25. The molecule has 0 spiro atoms. The van der Waals surface area contributed by atoms with Crippen LogP contribution in [0.15, 0.2) is 0 Å². The van der Waals surface area contributed by atoms with Crippen LogP contribution in [0.2, 0.25) is 10.3 Å². The summed E-state index contributed by atoms with van der Waals surface area (Å²) in [7, 11) is 2.24. The Hall–Kier alpha value is -0.380. The third-order valence-electron chi connectivity index (χ3n) is 4.91. The van der Waals surface area contributed by atoms with Gasteiger partial charge >= 0.3 is 0 Å². The molecule has 1 aromatic rings. The summed E-state index contributed by atoms with van der Waals surface area (Å²) in [5.74, 6) is 1.49. The fraction of sp³-hybridized carbons (Fsp3) is 0.733. The van der Waals surface area contributed by atoms with Crippen LogP contribution in [0.3, 0.4) is 0 Å². The Morgan fingerprint density at radius 2 is 1.55 bits per heavy atom. The average molecular weight is 314 g/mol. The predicted molar refractivity (Wildman–Crippen MR) is 82.7 cm³/mol. The van der Waals surface area contributed by atoms with E-state index in [0.717, 1.165) is 24.2 Å². The van der Waals surface area contributed by atoms with Gasteiger partial charge in [-0.2, -0.15) is 0 Å². The molecule has 110 valence electrons. The zero-order chi connectivity index (χ0) is 14.4. The molecule has 0 N–H and O–H groups in total. The maximum atomic E-state index is 6.32. The van der Waals surface area contributed by atoms with Crippen LogP contribution < -0.4 is 0 Å². The van der Waals surface area contributed by atoms with Crippen LogP contribution >= 0.6 is 23.2 Å². The summed E-state index contributed by atoms with van der Waals surface area (Å²) in [5.41, 5.74) is 0.869. The molecule has 3 rings (SSSR count). The van der Waals surface area contributed by atoms with E-state index in [-0.39, 0.29) is 5.92 Å². The molecular formula is C15H21Cl2N3. The Labute approximate surface area is 130 Å². The van der Waals surface area contributed by atoms with Crippen molar-refractivity contribution in [2.45, 2.75) is 63.5 Å². The Balaban J connectivity index is 1.89. The van der Waals surface area contributed by atoms with Gasteiger partial charge < -0.3 is 4.90 Å². The number of hydrogen-bond acceptors (Lipinski definition) is 3. The summed E-state index contributed by atoms with van der Waals surface area (Å²) >= 11 is 12.6. The van der Waals surface area contributed by atoms with Crippen molar-refractivity contribution in [1.29, 1.82) is 0 Å². The first-order chi connectivity index (χ1) is 9.47. The van der Waals surface area contributed by atoms with Gasteiger partial charge in [0.2, 0.25) is 0 Å². The van der Waals surface area contributed by atoms with Crippen molar-refractivity contribution in [2.24, 2.45) is 0 Å². The summed E-state index contributed by atoms with van der Waals surface area (Å²) in [6.07, 6.45) is 4.84. The van der Waals surface area contributed by atoms with Crippen LogP contribution in [-0.4, -0.2) is 34.0 Å². The molecule has 0 amide bonds. The number of aromatic nitrogens is 2. The minimum Gasteiger partial charge on any atom is -0.300 e. The van der Waals surface area contributed by atoms with E-state index in [2.05, 4.69) is 35.8 Å². The minimum absolute atomic E-state index is 0.248. The second-order valence-corrected chi connectivity index (χ2v) is 7.17. The first kappa shape index (κ1) is 14.6. The standard InChI is InChI=1S/C15H21Cl2N3/c1-8(2)12-13(16)18-15(19-14(12)17)9-6-10-4-5-11(7-9)20(10)3/h8-11H,4-7H2,1-3H3. The number of rotatable bonds is 2. The first-order valence-electron chi connectivity index (χ1n) is 7.42. The van der Waals surface area contributed by atoms with Gasteiger partial charge in [0.1, 0.15) is 16.1 Å². The third kappa shape index (κ3) is 2.44. The highest BCUT2D eigenvalue weighted by Crippen LogP contribution is 2.42. The van der Waals surface area contributed by atoms with E-state index in [4.69, 9.17) is 23.2 Å². The van der Waals surface area contributed by atoms with Gasteiger partial charge in [-0.3, -0.25) is 0 Å². The topological polar surface area (TPSA) is 29.0 Å². The Bertz CT molecular complexity index is 481. The van der Waals surface area contributed by atoms with Gasteiger partial charge in [-0.05, 0) is 38.6 Å². The molecule has 0 saturated carbocycles. The van der Waals surface area contributed by atoms with E-state index in [1.165, 1.54) is 12.8 Å². The zero-order valence-electron chi connectivity index (χ0n) is 12.2. The van der Waals surface area contributed by atoms with Gasteiger partial charge in [0.25, 0.3) is 0 Å². The first-order valence-corrected chi connectivity index (χ1v) is 8.17. The molecule has 2 saturated heterocycles. The highest BCUT2D eigenvalue weighted by atomic mass is 35.5. The third-order valence-corrected chi connectivity index (χ3v) is 5.49. The van der Waals surface area contributed by atoms with Crippen molar-refractivity contribution in [3.05, 3.63) is 21.7 Å².